The summed E-state index contributed by atoms with van der Waals surface area (Å²) < 4.78 is 0. The van der Waals surface area contributed by atoms with Gasteiger partial charge in [-0.15, -0.1) is 11.3 Å². The van der Waals surface area contributed by atoms with Gasteiger partial charge in [0.1, 0.15) is 0 Å². The first-order valence-electron chi connectivity index (χ1n) is 7.22. The van der Waals surface area contributed by atoms with Crippen LogP contribution in [0, 0.1) is 0 Å². The van der Waals surface area contributed by atoms with E-state index in [1.807, 2.05) is 53.9 Å². The summed E-state index contributed by atoms with van der Waals surface area (Å²) in [5.74, 6) is -0.139. The molecule has 0 aliphatic rings. The minimum Gasteiger partial charge on any atom is -0.344 e. The number of carbonyl (C=O) groups excluding carboxylic acids is 1. The Labute approximate surface area is 138 Å². The predicted octanol–water partition coefficient (Wildman–Crippen LogP) is 2.91. The Hall–Kier alpha value is -2.73. The van der Waals surface area contributed by atoms with E-state index in [0.29, 0.717) is 6.54 Å². The number of hydrogen-bond acceptors (Lipinski definition) is 4. The number of aromatic nitrogens is 3. The summed E-state index contributed by atoms with van der Waals surface area (Å²) in [6.07, 6.45) is 6.62. The smallest absolute Gasteiger partial charge is 0.244 e. The molecule has 0 aliphatic carbocycles. The zero-order chi connectivity index (χ0) is 15.9. The van der Waals surface area contributed by atoms with Gasteiger partial charge in [-0.2, -0.15) is 15.0 Å². The maximum Gasteiger partial charge on any atom is 0.244 e. The first-order valence-corrected chi connectivity index (χ1v) is 8.10. The molecular formula is C17H16N4OS. The average Bonchev–Trinajstić information content (AvgIpc) is 3.27. The fourth-order valence-electron chi connectivity index (χ4n) is 2.18. The number of nitrogens with zero attached hydrogens (tertiary/aromatic N) is 3. The second kappa shape index (κ2) is 7.51. The number of nitrogens with one attached hydrogen (secondary N) is 1. The molecule has 1 aromatic carbocycles. The fraction of sp³-hybridized carbons (Fsp3) is 0.118. The van der Waals surface area contributed by atoms with Gasteiger partial charge < -0.3 is 5.32 Å². The molecule has 2 aromatic heterocycles. The minimum atomic E-state index is -0.191. The van der Waals surface area contributed by atoms with Gasteiger partial charge in [-0.25, -0.2) is 0 Å². The van der Waals surface area contributed by atoms with Crippen LogP contribution in [0.15, 0.2) is 66.3 Å². The fourth-order valence-corrected chi connectivity index (χ4v) is 2.80. The largest absolute Gasteiger partial charge is 0.344 e. The third kappa shape index (κ3) is 4.37. The van der Waals surface area contributed by atoms with Gasteiger partial charge in [0.25, 0.3) is 0 Å². The molecule has 2 heterocycles. The monoisotopic (exact) mass is 324 g/mol. The highest BCUT2D eigenvalue weighted by molar-refractivity contribution is 7.10. The molecule has 0 bridgehead atoms. The van der Waals surface area contributed by atoms with Crippen molar-refractivity contribution < 1.29 is 4.79 Å². The molecule has 0 radical (unpaired) electrons. The number of rotatable bonds is 6. The topological polar surface area (TPSA) is 59.8 Å². The molecule has 3 aromatic rings. The molecule has 23 heavy (non-hydrogen) atoms. The molecule has 0 spiro atoms. The lowest BCUT2D eigenvalue weighted by Gasteiger charge is -2.17. The molecule has 1 N–H and O–H groups in total. The van der Waals surface area contributed by atoms with Crippen LogP contribution >= 0.6 is 11.3 Å². The molecule has 0 aliphatic heterocycles. The summed E-state index contributed by atoms with van der Waals surface area (Å²) in [6.45, 7) is 0.482. The van der Waals surface area contributed by atoms with Crippen LogP contribution in [0.4, 0.5) is 0 Å². The van der Waals surface area contributed by atoms with E-state index in [4.69, 9.17) is 0 Å². The Morgan fingerprint density at radius 2 is 1.96 bits per heavy atom. The highest BCUT2D eigenvalue weighted by Gasteiger charge is 2.14. The molecule has 3 rings (SSSR count). The van der Waals surface area contributed by atoms with Gasteiger partial charge in [0.05, 0.1) is 25.0 Å². The van der Waals surface area contributed by atoms with E-state index >= 15 is 0 Å². The normalized spacial score (nSPS) is 12.3. The van der Waals surface area contributed by atoms with E-state index in [9.17, 15) is 4.79 Å². The Morgan fingerprint density at radius 1 is 1.17 bits per heavy atom. The predicted molar refractivity (Wildman–Crippen MR) is 90.7 cm³/mol. The van der Waals surface area contributed by atoms with Crippen LogP contribution in [0.25, 0.3) is 6.08 Å². The molecule has 0 unspecified atom stereocenters. The van der Waals surface area contributed by atoms with Crippen molar-refractivity contribution in [2.75, 3.05) is 0 Å². The van der Waals surface area contributed by atoms with Crippen LogP contribution in [-0.4, -0.2) is 20.9 Å². The molecule has 0 fully saturated rings. The molecule has 1 amide bonds. The second-order valence-corrected chi connectivity index (χ2v) is 5.88. The van der Waals surface area contributed by atoms with Gasteiger partial charge in [-0.3, -0.25) is 4.79 Å². The van der Waals surface area contributed by atoms with Crippen molar-refractivity contribution in [1.29, 1.82) is 0 Å². The number of thiophene rings is 1. The lowest BCUT2D eigenvalue weighted by Crippen LogP contribution is -2.30. The Bertz CT molecular complexity index is 751. The second-order valence-electron chi connectivity index (χ2n) is 4.90. The lowest BCUT2D eigenvalue weighted by molar-refractivity contribution is -0.117. The molecular weight excluding hydrogens is 308 g/mol. The first-order chi connectivity index (χ1) is 11.3. The van der Waals surface area contributed by atoms with Crippen LogP contribution in [0.1, 0.15) is 16.5 Å². The van der Waals surface area contributed by atoms with Crippen molar-refractivity contribution >= 4 is 23.3 Å². The van der Waals surface area contributed by atoms with E-state index < -0.39 is 0 Å². The van der Waals surface area contributed by atoms with E-state index in [1.54, 1.807) is 34.6 Å². The summed E-state index contributed by atoms with van der Waals surface area (Å²) in [7, 11) is 0. The molecule has 1 atom stereocenters. The van der Waals surface area contributed by atoms with Gasteiger partial charge in [0, 0.05) is 11.0 Å². The molecule has 5 nitrogen and oxygen atoms in total. The highest BCUT2D eigenvalue weighted by Crippen LogP contribution is 2.15. The van der Waals surface area contributed by atoms with Gasteiger partial charge in [-0.1, -0.05) is 36.4 Å². The minimum absolute atomic E-state index is 0.139. The summed E-state index contributed by atoms with van der Waals surface area (Å²) in [4.78, 5) is 14.8. The molecule has 0 saturated carbocycles. The van der Waals surface area contributed by atoms with Crippen LogP contribution in [0.5, 0.6) is 0 Å². The quantitative estimate of drug-likeness (QED) is 0.709. The van der Waals surface area contributed by atoms with Gasteiger partial charge in [0.15, 0.2) is 0 Å². The van der Waals surface area contributed by atoms with Gasteiger partial charge in [-0.05, 0) is 23.1 Å². The summed E-state index contributed by atoms with van der Waals surface area (Å²) >= 11 is 1.59. The summed E-state index contributed by atoms with van der Waals surface area (Å²) in [6, 6.07) is 13.6. The van der Waals surface area contributed by atoms with Crippen LogP contribution in [0.2, 0.25) is 0 Å². The molecule has 6 heteroatoms. The number of benzene rings is 1. The summed E-state index contributed by atoms with van der Waals surface area (Å²) in [5, 5.41) is 13.2. The highest BCUT2D eigenvalue weighted by atomic mass is 32.1. The van der Waals surface area contributed by atoms with Crippen molar-refractivity contribution in [3.05, 3.63) is 76.8 Å². The molecule has 116 valence electrons. The third-order valence-corrected chi connectivity index (χ3v) is 4.11. The van der Waals surface area contributed by atoms with Crippen LogP contribution in [-0.2, 0) is 11.3 Å². The first kappa shape index (κ1) is 15.2. The van der Waals surface area contributed by atoms with E-state index in [1.165, 1.54) is 0 Å². The van der Waals surface area contributed by atoms with E-state index in [0.717, 1.165) is 10.4 Å². The Kier molecular flexibility index (Phi) is 4.95. The van der Waals surface area contributed by atoms with E-state index in [-0.39, 0.29) is 11.9 Å². The Morgan fingerprint density at radius 3 is 2.65 bits per heavy atom. The van der Waals surface area contributed by atoms with Crippen LogP contribution in [0.3, 0.4) is 0 Å². The van der Waals surface area contributed by atoms with Gasteiger partial charge >= 0.3 is 0 Å². The standard InChI is InChI=1S/C17H16N4OS/c22-17(9-8-15-7-4-12-23-15)20-16(13-21-18-10-11-19-21)14-5-2-1-3-6-14/h1-12,16H,13H2,(H,20,22)/b9-8+/t16-/m0/s1. The van der Waals surface area contributed by atoms with Crippen molar-refractivity contribution in [2.24, 2.45) is 0 Å². The van der Waals surface area contributed by atoms with Crippen LogP contribution < -0.4 is 5.32 Å². The number of hydrogen-bond donors (Lipinski definition) is 1. The summed E-state index contributed by atoms with van der Waals surface area (Å²) in [5.41, 5.74) is 1.02. The SMILES string of the molecule is O=C(/C=C/c1cccs1)N[C@@H](Cn1nccn1)c1ccccc1. The van der Waals surface area contributed by atoms with Crippen molar-refractivity contribution in [3.8, 4) is 0 Å². The molecule has 0 saturated heterocycles. The maximum atomic E-state index is 12.2. The van der Waals surface area contributed by atoms with E-state index in [2.05, 4.69) is 15.5 Å². The zero-order valence-electron chi connectivity index (χ0n) is 12.4. The average molecular weight is 324 g/mol. The van der Waals surface area contributed by atoms with Crippen molar-refractivity contribution in [2.45, 2.75) is 12.6 Å². The zero-order valence-corrected chi connectivity index (χ0v) is 13.2. The third-order valence-electron chi connectivity index (χ3n) is 3.27. The van der Waals surface area contributed by atoms with Gasteiger partial charge in [0.2, 0.25) is 5.91 Å². The van der Waals surface area contributed by atoms with Crippen molar-refractivity contribution in [3.63, 3.8) is 0 Å². The number of carbonyl (C=O) groups is 1. The lowest BCUT2D eigenvalue weighted by atomic mass is 10.1. The Balaban J connectivity index is 1.71. The number of amides is 1. The van der Waals surface area contributed by atoms with Crippen molar-refractivity contribution in [1.82, 2.24) is 20.3 Å². The maximum absolute atomic E-state index is 12.2.